The minimum atomic E-state index is -0.491. The van der Waals surface area contributed by atoms with E-state index >= 15 is 0 Å². The fourth-order valence-electron chi connectivity index (χ4n) is 4.16. The van der Waals surface area contributed by atoms with E-state index in [-0.39, 0.29) is 18.9 Å². The zero-order valence-electron chi connectivity index (χ0n) is 18.8. The summed E-state index contributed by atoms with van der Waals surface area (Å²) in [4.78, 5) is 36.9. The number of nitrogens with zero attached hydrogens (tertiary/aromatic N) is 4. The van der Waals surface area contributed by atoms with Gasteiger partial charge in [0.2, 0.25) is 5.91 Å². The van der Waals surface area contributed by atoms with Crippen LogP contribution in [0.4, 0.5) is 0 Å². The van der Waals surface area contributed by atoms with Crippen LogP contribution in [0.2, 0.25) is 5.02 Å². The number of allylic oxidation sites excluding steroid dienone is 1. The summed E-state index contributed by atoms with van der Waals surface area (Å²) in [5, 5.41) is 3.26. The molecule has 1 fully saturated rings. The lowest BCUT2D eigenvalue weighted by molar-refractivity contribution is -0.138. The minimum absolute atomic E-state index is 0.0723. The number of hydrogen-bond donors (Lipinski definition) is 0. The molecule has 0 aliphatic carbocycles. The maximum absolute atomic E-state index is 13.1. The molecule has 9 heteroatoms. The first kappa shape index (κ1) is 23.6. The number of fused-ring (bicyclic) bond motifs is 1. The van der Waals surface area contributed by atoms with Crippen LogP contribution in [-0.2, 0) is 14.3 Å². The summed E-state index contributed by atoms with van der Waals surface area (Å²) < 4.78 is 5.40. The number of thioether (sulfide) groups is 1. The second-order valence-electron chi connectivity index (χ2n) is 8.20. The summed E-state index contributed by atoms with van der Waals surface area (Å²) >= 11 is 7.77. The van der Waals surface area contributed by atoms with Gasteiger partial charge in [0.15, 0.2) is 5.17 Å². The van der Waals surface area contributed by atoms with Gasteiger partial charge in [-0.1, -0.05) is 48.2 Å². The summed E-state index contributed by atoms with van der Waals surface area (Å²) in [6.07, 6.45) is 1.77. The molecule has 1 unspecified atom stereocenters. The first-order valence-electron chi connectivity index (χ1n) is 10.8. The van der Waals surface area contributed by atoms with Crippen LogP contribution < -0.4 is 0 Å². The van der Waals surface area contributed by atoms with Crippen LogP contribution in [0, 0.1) is 0 Å². The van der Waals surface area contributed by atoms with E-state index in [1.54, 1.807) is 13.0 Å². The fraction of sp³-hybridized carbons (Fsp3) is 0.375. The largest absolute Gasteiger partial charge is 0.458 e. The molecule has 1 atom stereocenters. The van der Waals surface area contributed by atoms with Crippen LogP contribution in [0.15, 0.2) is 64.3 Å². The van der Waals surface area contributed by atoms with Crippen molar-refractivity contribution >= 4 is 40.4 Å². The summed E-state index contributed by atoms with van der Waals surface area (Å²) in [6.45, 7) is 8.69. The number of aliphatic imine (C=N–C) groups is 1. The molecular formula is C24H27ClN4O3S. The summed E-state index contributed by atoms with van der Waals surface area (Å²) in [5.41, 5.74) is 2.67. The van der Waals surface area contributed by atoms with E-state index in [0.29, 0.717) is 29.4 Å². The second kappa shape index (κ2) is 10.2. The molecule has 0 N–H and O–H groups in total. The Bertz CT molecular complexity index is 1060. The molecule has 0 saturated carbocycles. The predicted octanol–water partition coefficient (Wildman–Crippen LogP) is 3.81. The highest BCUT2D eigenvalue weighted by Gasteiger charge is 2.41. The number of piperazine rings is 1. The van der Waals surface area contributed by atoms with Crippen LogP contribution in [0.1, 0.15) is 24.9 Å². The molecule has 3 aliphatic rings. The van der Waals surface area contributed by atoms with Gasteiger partial charge in [-0.15, -0.1) is 0 Å². The van der Waals surface area contributed by atoms with E-state index in [0.717, 1.165) is 29.5 Å². The van der Waals surface area contributed by atoms with Crippen molar-refractivity contribution in [2.24, 2.45) is 4.99 Å². The Labute approximate surface area is 203 Å². The smallest absolute Gasteiger partial charge is 0.338 e. The zero-order valence-corrected chi connectivity index (χ0v) is 20.4. The number of ether oxygens (including phenoxy) is 1. The number of esters is 1. The molecule has 4 rings (SSSR count). The van der Waals surface area contributed by atoms with E-state index in [1.807, 2.05) is 33.4 Å². The fourth-order valence-corrected chi connectivity index (χ4v) is 5.32. The van der Waals surface area contributed by atoms with Crippen molar-refractivity contribution in [2.45, 2.75) is 19.4 Å². The average Bonchev–Trinajstić information content (AvgIpc) is 3.18. The standard InChI is InChI=1S/C24H27ClN4O3S/c1-4-12-32-23(31)21-16(2)26-24-29(22(21)17-6-5-7-18(25)13-17)19(15-33-24)14-20(30)28-10-8-27(3)9-11-28/h4-7,13,15,22H,1,8-12,14H2,2-3H3. The van der Waals surface area contributed by atoms with Crippen molar-refractivity contribution in [2.75, 3.05) is 39.8 Å². The van der Waals surface area contributed by atoms with E-state index in [2.05, 4.69) is 23.5 Å². The third-order valence-electron chi connectivity index (χ3n) is 5.91. The van der Waals surface area contributed by atoms with Crippen molar-refractivity contribution in [1.82, 2.24) is 14.7 Å². The quantitative estimate of drug-likeness (QED) is 0.450. The van der Waals surface area contributed by atoms with Crippen molar-refractivity contribution in [3.8, 4) is 0 Å². The van der Waals surface area contributed by atoms with Crippen molar-refractivity contribution < 1.29 is 14.3 Å². The molecule has 7 nitrogen and oxygen atoms in total. The first-order valence-corrected chi connectivity index (χ1v) is 12.1. The number of carbonyl (C=O) groups excluding carboxylic acids is 2. The van der Waals surface area contributed by atoms with Gasteiger partial charge < -0.3 is 19.4 Å². The molecule has 3 heterocycles. The summed E-state index contributed by atoms with van der Waals surface area (Å²) in [5.74, 6) is -0.384. The number of rotatable bonds is 6. The molecule has 3 aliphatic heterocycles. The van der Waals surface area contributed by atoms with Crippen molar-refractivity contribution in [3.05, 3.63) is 69.9 Å². The Kier molecular flexibility index (Phi) is 7.26. The van der Waals surface area contributed by atoms with Gasteiger partial charge >= 0.3 is 5.97 Å². The SMILES string of the molecule is C=CCOC(=O)C1=C(C)N=C2SC=C(CC(=O)N3CCN(C)CC3)N2C1c1cccc(Cl)c1. The molecule has 1 amide bonds. The molecule has 174 valence electrons. The number of likely N-dealkylation sites (N-methyl/N-ethyl adjacent to an activating group) is 1. The molecule has 1 aromatic rings. The van der Waals surface area contributed by atoms with Crippen LogP contribution >= 0.6 is 23.4 Å². The lowest BCUT2D eigenvalue weighted by Gasteiger charge is -2.37. The van der Waals surface area contributed by atoms with Crippen LogP contribution in [-0.4, -0.2) is 71.6 Å². The Morgan fingerprint density at radius 3 is 2.76 bits per heavy atom. The van der Waals surface area contributed by atoms with Crippen molar-refractivity contribution in [3.63, 3.8) is 0 Å². The van der Waals surface area contributed by atoms with Gasteiger partial charge in [0.05, 0.1) is 23.7 Å². The number of carbonyl (C=O) groups is 2. The lowest BCUT2D eigenvalue weighted by atomic mass is 9.94. The number of amidine groups is 1. The number of benzene rings is 1. The van der Waals surface area contributed by atoms with Crippen molar-refractivity contribution in [1.29, 1.82) is 0 Å². The Hall–Kier alpha value is -2.55. The van der Waals surface area contributed by atoms with Crippen LogP contribution in [0.3, 0.4) is 0 Å². The van der Waals surface area contributed by atoms with E-state index in [4.69, 9.17) is 16.3 Å². The van der Waals surface area contributed by atoms with Gasteiger partial charge in [-0.25, -0.2) is 9.79 Å². The molecule has 0 aromatic heterocycles. The van der Waals surface area contributed by atoms with Gasteiger partial charge in [-0.3, -0.25) is 4.79 Å². The normalized spacial score (nSPS) is 20.9. The van der Waals surface area contributed by atoms with Gasteiger partial charge in [-0.05, 0) is 37.1 Å². The third kappa shape index (κ3) is 5.03. The maximum Gasteiger partial charge on any atom is 0.338 e. The summed E-state index contributed by atoms with van der Waals surface area (Å²) in [7, 11) is 2.06. The van der Waals surface area contributed by atoms with Gasteiger partial charge in [0.1, 0.15) is 6.61 Å². The third-order valence-corrected chi connectivity index (χ3v) is 7.03. The number of amides is 1. The highest BCUT2D eigenvalue weighted by atomic mass is 35.5. The number of hydrogen-bond acceptors (Lipinski definition) is 7. The molecule has 1 aromatic carbocycles. The molecular weight excluding hydrogens is 460 g/mol. The molecule has 0 spiro atoms. The Morgan fingerprint density at radius 2 is 2.06 bits per heavy atom. The molecule has 0 bridgehead atoms. The molecule has 0 radical (unpaired) electrons. The molecule has 1 saturated heterocycles. The van der Waals surface area contributed by atoms with E-state index in [1.165, 1.54) is 17.8 Å². The monoisotopic (exact) mass is 486 g/mol. The lowest BCUT2D eigenvalue weighted by Crippen LogP contribution is -2.47. The molecule has 33 heavy (non-hydrogen) atoms. The Balaban J connectivity index is 1.66. The minimum Gasteiger partial charge on any atom is -0.458 e. The second-order valence-corrected chi connectivity index (χ2v) is 9.47. The number of halogens is 1. The topological polar surface area (TPSA) is 65.5 Å². The maximum atomic E-state index is 13.1. The van der Waals surface area contributed by atoms with E-state index in [9.17, 15) is 9.59 Å². The summed E-state index contributed by atoms with van der Waals surface area (Å²) in [6, 6.07) is 6.92. The Morgan fingerprint density at radius 1 is 1.30 bits per heavy atom. The van der Waals surface area contributed by atoms with Crippen LogP contribution in [0.25, 0.3) is 0 Å². The average molecular weight is 487 g/mol. The highest BCUT2D eigenvalue weighted by molar-refractivity contribution is 8.16. The zero-order chi connectivity index (χ0) is 23.5. The van der Waals surface area contributed by atoms with Gasteiger partial charge in [0, 0.05) is 36.9 Å². The van der Waals surface area contributed by atoms with Gasteiger partial charge in [-0.2, -0.15) is 0 Å². The van der Waals surface area contributed by atoms with E-state index < -0.39 is 12.0 Å². The predicted molar refractivity (Wildman–Crippen MR) is 132 cm³/mol. The van der Waals surface area contributed by atoms with Crippen LogP contribution in [0.5, 0.6) is 0 Å². The first-order chi connectivity index (χ1) is 15.9. The van der Waals surface area contributed by atoms with Gasteiger partial charge in [0.25, 0.3) is 0 Å². The highest BCUT2D eigenvalue weighted by Crippen LogP contribution is 2.45.